The molecule has 2 aromatic heterocycles. The van der Waals surface area contributed by atoms with E-state index in [2.05, 4.69) is 10.3 Å². The number of aromatic nitrogens is 3. The minimum absolute atomic E-state index is 0.0836. The molecule has 3 aliphatic rings. The first kappa shape index (κ1) is 21.7. The summed E-state index contributed by atoms with van der Waals surface area (Å²) in [5, 5.41) is 3.40. The summed E-state index contributed by atoms with van der Waals surface area (Å²) >= 11 is 0. The number of amides is 1. The van der Waals surface area contributed by atoms with E-state index in [9.17, 15) is 18.0 Å². The molecule has 0 bridgehead atoms. The number of pyridine rings is 1. The molecule has 2 aromatic rings. The lowest BCUT2D eigenvalue weighted by molar-refractivity contribution is -0.141. The third-order valence-electron chi connectivity index (χ3n) is 6.62. The molecule has 0 saturated heterocycles. The summed E-state index contributed by atoms with van der Waals surface area (Å²) in [7, 11) is 1.88. The highest BCUT2D eigenvalue weighted by molar-refractivity contribution is 6.05. The number of alkyl halides is 3. The first-order chi connectivity index (χ1) is 15.7. The molecule has 11 heteroatoms. The Kier molecular flexibility index (Phi) is 5.29. The number of hydrogen-bond acceptors (Lipinski definition) is 7. The molecule has 1 fully saturated rings. The second-order valence-electron chi connectivity index (χ2n) is 8.91. The number of nitrogens with one attached hydrogen (secondary N) is 1. The summed E-state index contributed by atoms with van der Waals surface area (Å²) in [6.45, 7) is 3.00. The van der Waals surface area contributed by atoms with Crippen LogP contribution >= 0.6 is 0 Å². The number of likely N-dealkylation sites (N-methyl/N-ethyl adjacent to an activating group) is 1. The van der Waals surface area contributed by atoms with Crippen LogP contribution in [-0.2, 0) is 17.4 Å². The smallest absolute Gasteiger partial charge is 0.433 e. The molecule has 176 valence electrons. The van der Waals surface area contributed by atoms with Gasteiger partial charge in [-0.25, -0.2) is 9.97 Å². The van der Waals surface area contributed by atoms with Gasteiger partial charge in [-0.1, -0.05) is 0 Å². The highest BCUT2D eigenvalue weighted by Crippen LogP contribution is 2.40. The van der Waals surface area contributed by atoms with Gasteiger partial charge in [-0.05, 0) is 50.7 Å². The summed E-state index contributed by atoms with van der Waals surface area (Å²) in [4.78, 5) is 29.2. The van der Waals surface area contributed by atoms with Gasteiger partial charge in [0.25, 0.3) is 0 Å². The van der Waals surface area contributed by atoms with Crippen LogP contribution in [0.1, 0.15) is 37.6 Å². The number of ether oxygens (including phenoxy) is 1. The maximum Gasteiger partial charge on any atom is 0.433 e. The van der Waals surface area contributed by atoms with Crippen molar-refractivity contribution in [3.63, 3.8) is 0 Å². The molecule has 0 spiro atoms. The van der Waals surface area contributed by atoms with Crippen LogP contribution in [-0.4, -0.2) is 53.1 Å². The predicted molar refractivity (Wildman–Crippen MR) is 115 cm³/mol. The maximum atomic E-state index is 12.6. The van der Waals surface area contributed by atoms with E-state index in [1.165, 1.54) is 6.07 Å². The minimum atomic E-state index is -4.46. The lowest BCUT2D eigenvalue weighted by atomic mass is 9.81. The maximum absolute atomic E-state index is 12.6. The van der Waals surface area contributed by atoms with Gasteiger partial charge in [0.1, 0.15) is 23.2 Å². The average Bonchev–Trinajstić information content (AvgIpc) is 2.76. The van der Waals surface area contributed by atoms with Gasteiger partial charge >= 0.3 is 6.18 Å². The quantitative estimate of drug-likeness (QED) is 0.730. The zero-order valence-corrected chi connectivity index (χ0v) is 18.4. The Labute approximate surface area is 189 Å². The van der Waals surface area contributed by atoms with Crippen LogP contribution in [0, 0.1) is 5.92 Å². The summed E-state index contributed by atoms with van der Waals surface area (Å²) < 4.78 is 43.4. The lowest BCUT2D eigenvalue weighted by Crippen LogP contribution is -2.53. The van der Waals surface area contributed by atoms with Crippen molar-refractivity contribution in [1.29, 1.82) is 0 Å². The molecule has 2 aliphatic heterocycles. The van der Waals surface area contributed by atoms with Crippen LogP contribution in [0.25, 0.3) is 0 Å². The third-order valence-corrected chi connectivity index (χ3v) is 6.62. The zero-order valence-electron chi connectivity index (χ0n) is 18.4. The Balaban J connectivity index is 1.18. The minimum Gasteiger partial charge on any atom is -0.492 e. The molecule has 1 saturated carbocycles. The molecular formula is C22H25F3N6O2. The average molecular weight is 462 g/mol. The number of carbonyl (C=O) groups excluding carboxylic acids is 1. The molecule has 0 radical (unpaired) electrons. The number of nitrogens with zero attached hydrogens (tertiary/aromatic N) is 5. The van der Waals surface area contributed by atoms with Crippen LogP contribution in [0.2, 0.25) is 0 Å². The Morgan fingerprint density at radius 2 is 2.03 bits per heavy atom. The van der Waals surface area contributed by atoms with E-state index in [1.54, 1.807) is 0 Å². The van der Waals surface area contributed by atoms with Crippen molar-refractivity contribution in [3.05, 3.63) is 29.7 Å². The van der Waals surface area contributed by atoms with Gasteiger partial charge in [-0.3, -0.25) is 4.79 Å². The fourth-order valence-corrected chi connectivity index (χ4v) is 4.58. The van der Waals surface area contributed by atoms with Crippen molar-refractivity contribution in [1.82, 2.24) is 15.0 Å². The van der Waals surface area contributed by atoms with Crippen molar-refractivity contribution < 1.29 is 22.7 Å². The monoisotopic (exact) mass is 462 g/mol. The van der Waals surface area contributed by atoms with E-state index in [-0.39, 0.29) is 23.9 Å². The Hall–Kier alpha value is -3.11. The largest absolute Gasteiger partial charge is 0.492 e. The van der Waals surface area contributed by atoms with Gasteiger partial charge in [0.2, 0.25) is 11.9 Å². The second-order valence-corrected chi connectivity index (χ2v) is 8.91. The van der Waals surface area contributed by atoms with Crippen LogP contribution in [0.15, 0.2) is 18.3 Å². The van der Waals surface area contributed by atoms with Crippen molar-refractivity contribution >= 4 is 23.4 Å². The Bertz CT molecular complexity index is 1060. The van der Waals surface area contributed by atoms with E-state index < -0.39 is 11.9 Å². The Morgan fingerprint density at radius 1 is 1.24 bits per heavy atom. The first-order valence-electron chi connectivity index (χ1n) is 11.1. The van der Waals surface area contributed by atoms with E-state index in [0.717, 1.165) is 55.1 Å². The molecular weight excluding hydrogens is 437 g/mol. The Morgan fingerprint density at radius 3 is 2.73 bits per heavy atom. The molecule has 4 heterocycles. The number of carbonyl (C=O) groups is 1. The molecule has 0 aromatic carbocycles. The summed E-state index contributed by atoms with van der Waals surface area (Å²) in [6, 6.07) is 2.15. The fourth-order valence-electron chi connectivity index (χ4n) is 4.58. The van der Waals surface area contributed by atoms with Crippen LogP contribution < -0.4 is 19.9 Å². The van der Waals surface area contributed by atoms with Crippen LogP contribution in [0.3, 0.4) is 0 Å². The van der Waals surface area contributed by atoms with E-state index >= 15 is 0 Å². The van der Waals surface area contributed by atoms with Gasteiger partial charge < -0.3 is 19.9 Å². The van der Waals surface area contributed by atoms with Gasteiger partial charge in [0, 0.05) is 19.6 Å². The van der Waals surface area contributed by atoms with E-state index in [0.29, 0.717) is 24.8 Å². The molecule has 1 aliphatic carbocycles. The molecule has 33 heavy (non-hydrogen) atoms. The van der Waals surface area contributed by atoms with Crippen molar-refractivity contribution in [2.75, 3.05) is 35.3 Å². The number of hydrogen-bond donors (Lipinski definition) is 1. The fraction of sp³-hybridized carbons (Fsp3) is 0.545. The van der Waals surface area contributed by atoms with Gasteiger partial charge in [0.05, 0.1) is 18.5 Å². The molecule has 5 rings (SSSR count). The second kappa shape index (κ2) is 8.03. The molecule has 1 atom stereocenters. The summed E-state index contributed by atoms with van der Waals surface area (Å²) in [6.07, 6.45) is 0.0422. The third kappa shape index (κ3) is 4.04. The molecule has 1 amide bonds. The van der Waals surface area contributed by atoms with E-state index in [4.69, 9.17) is 14.7 Å². The summed E-state index contributed by atoms with van der Waals surface area (Å²) in [5.74, 6) is 2.04. The number of anilines is 3. The SMILES string of the molecule is CC1C(=O)N2CCCc3nc(NC4CC(COc5ccc(C(F)(F)F)nc5)C4)nc(c32)N1C. The normalized spacial score (nSPS) is 24.3. The molecule has 1 N–H and O–H groups in total. The van der Waals surface area contributed by atoms with Crippen molar-refractivity contribution in [2.24, 2.45) is 5.92 Å². The standard InChI is InChI=1S/C22H25F3N6O2/c1-12-20(32)31-7-3-4-16-18(31)19(30(12)2)29-21(28-16)27-14-8-13(9-14)11-33-15-5-6-17(26-10-15)22(23,24)25/h5-6,10,12-14H,3-4,7-9,11H2,1-2H3,(H,27,28,29). The van der Waals surface area contributed by atoms with Gasteiger partial charge in [0.15, 0.2) is 5.82 Å². The highest BCUT2D eigenvalue weighted by atomic mass is 19.4. The van der Waals surface area contributed by atoms with Crippen molar-refractivity contribution in [3.8, 4) is 5.75 Å². The van der Waals surface area contributed by atoms with Gasteiger partial charge in [-0.15, -0.1) is 0 Å². The highest BCUT2D eigenvalue weighted by Gasteiger charge is 2.39. The van der Waals surface area contributed by atoms with Gasteiger partial charge in [-0.2, -0.15) is 18.2 Å². The number of aryl methyl sites for hydroxylation is 1. The predicted octanol–water partition coefficient (Wildman–Crippen LogP) is 3.28. The molecule has 1 unspecified atom stereocenters. The molecule has 8 nitrogen and oxygen atoms in total. The van der Waals surface area contributed by atoms with Crippen molar-refractivity contribution in [2.45, 2.75) is 50.9 Å². The summed E-state index contributed by atoms with van der Waals surface area (Å²) in [5.41, 5.74) is 0.802. The number of rotatable bonds is 5. The van der Waals surface area contributed by atoms with Crippen LogP contribution in [0.4, 0.5) is 30.6 Å². The van der Waals surface area contributed by atoms with E-state index in [1.807, 2.05) is 23.8 Å². The zero-order chi connectivity index (χ0) is 23.3. The van der Waals surface area contributed by atoms with Crippen LogP contribution in [0.5, 0.6) is 5.75 Å². The topological polar surface area (TPSA) is 83.5 Å². The lowest BCUT2D eigenvalue weighted by Gasteiger charge is -2.42. The first-order valence-corrected chi connectivity index (χ1v) is 11.1. The number of halogens is 3.